The van der Waals surface area contributed by atoms with Gasteiger partial charge in [-0.2, -0.15) is 0 Å². The minimum Gasteiger partial charge on any atom is -0.477 e. The number of hydrogen-bond donors (Lipinski definition) is 2. The molecule has 0 atom stereocenters. The Bertz CT molecular complexity index is 870. The Kier molecular flexibility index (Phi) is 6.20. The van der Waals surface area contributed by atoms with E-state index in [1.807, 2.05) is 26.8 Å². The van der Waals surface area contributed by atoms with Gasteiger partial charge in [0.1, 0.15) is 11.0 Å². The largest absolute Gasteiger partial charge is 0.477 e. The summed E-state index contributed by atoms with van der Waals surface area (Å²) in [5.74, 6) is 5.34. The van der Waals surface area contributed by atoms with Crippen molar-refractivity contribution in [3.8, 4) is 17.9 Å². The van der Waals surface area contributed by atoms with Gasteiger partial charge in [-0.3, -0.25) is 0 Å². The molecular formula is C21H25N3O3S. The zero-order chi connectivity index (χ0) is 20.1. The molecule has 0 bridgehead atoms. The second kappa shape index (κ2) is 8.61. The summed E-state index contributed by atoms with van der Waals surface area (Å²) in [5.41, 5.74) is 0.536. The molecule has 0 unspecified atom stereocenters. The van der Waals surface area contributed by atoms with Gasteiger partial charge in [0.15, 0.2) is 0 Å². The number of carboxylic acids is 1. The van der Waals surface area contributed by atoms with E-state index in [-0.39, 0.29) is 17.6 Å². The van der Waals surface area contributed by atoms with E-state index in [4.69, 9.17) is 4.74 Å². The predicted molar refractivity (Wildman–Crippen MR) is 110 cm³/mol. The van der Waals surface area contributed by atoms with Gasteiger partial charge >= 0.3 is 12.0 Å². The molecule has 148 valence electrons. The highest BCUT2D eigenvalue weighted by molar-refractivity contribution is 7.15. The summed E-state index contributed by atoms with van der Waals surface area (Å²) in [4.78, 5) is 20.9. The average Bonchev–Trinajstić information content (AvgIpc) is 3.05. The van der Waals surface area contributed by atoms with Crippen molar-refractivity contribution in [1.82, 2.24) is 9.97 Å². The molecule has 3 rings (SSSR count). The molecule has 0 saturated heterocycles. The van der Waals surface area contributed by atoms with Crippen molar-refractivity contribution in [3.63, 3.8) is 0 Å². The second-order valence-electron chi connectivity index (χ2n) is 7.93. The van der Waals surface area contributed by atoms with Gasteiger partial charge < -0.3 is 15.2 Å². The van der Waals surface area contributed by atoms with Crippen LogP contribution in [0.1, 0.15) is 61.0 Å². The number of anilines is 1. The third-order valence-electron chi connectivity index (χ3n) is 4.34. The van der Waals surface area contributed by atoms with E-state index in [0.717, 1.165) is 30.6 Å². The summed E-state index contributed by atoms with van der Waals surface area (Å²) in [6, 6.07) is 4.24. The molecular weight excluding hydrogens is 374 g/mol. The van der Waals surface area contributed by atoms with E-state index in [2.05, 4.69) is 27.1 Å². The SMILES string of the molecule is CC(C)(C)C#Cc1cc(N[C@H]2CC[C@H](Oc3ncccn3)CC2)c(C(=O)O)s1. The molecule has 2 aromatic rings. The molecule has 2 heterocycles. The van der Waals surface area contributed by atoms with Crippen molar-refractivity contribution in [2.75, 3.05) is 5.32 Å². The average molecular weight is 400 g/mol. The van der Waals surface area contributed by atoms with Gasteiger partial charge in [-0.05, 0) is 58.6 Å². The molecule has 1 aliphatic rings. The minimum atomic E-state index is -0.922. The monoisotopic (exact) mass is 399 g/mol. The third-order valence-corrected chi connectivity index (χ3v) is 5.37. The number of aromatic carboxylic acids is 1. The molecule has 0 radical (unpaired) electrons. The quantitative estimate of drug-likeness (QED) is 0.723. The predicted octanol–water partition coefficient (Wildman–Crippen LogP) is 4.44. The maximum atomic E-state index is 11.6. The third kappa shape index (κ3) is 5.70. The number of thiophene rings is 1. The number of aromatic nitrogens is 2. The van der Waals surface area contributed by atoms with Gasteiger partial charge in [0.2, 0.25) is 0 Å². The first-order valence-electron chi connectivity index (χ1n) is 9.41. The lowest BCUT2D eigenvalue weighted by Crippen LogP contribution is -2.31. The van der Waals surface area contributed by atoms with Gasteiger partial charge in [0, 0.05) is 23.9 Å². The molecule has 2 aromatic heterocycles. The molecule has 2 N–H and O–H groups in total. The number of nitrogens with zero attached hydrogens (tertiary/aromatic N) is 2. The van der Waals surface area contributed by atoms with Crippen LogP contribution in [0.5, 0.6) is 6.01 Å². The molecule has 0 aliphatic heterocycles. The highest BCUT2D eigenvalue weighted by atomic mass is 32.1. The summed E-state index contributed by atoms with van der Waals surface area (Å²) in [6.45, 7) is 6.10. The van der Waals surface area contributed by atoms with Crippen LogP contribution >= 0.6 is 11.3 Å². The summed E-state index contributed by atoms with van der Waals surface area (Å²) >= 11 is 1.22. The van der Waals surface area contributed by atoms with E-state index in [1.165, 1.54) is 11.3 Å². The van der Waals surface area contributed by atoms with Gasteiger partial charge in [0.05, 0.1) is 10.6 Å². The smallest absolute Gasteiger partial charge is 0.348 e. The molecule has 1 aliphatic carbocycles. The van der Waals surface area contributed by atoms with Crippen LogP contribution in [0.4, 0.5) is 5.69 Å². The number of carboxylic acid groups (broad SMARTS) is 1. The summed E-state index contributed by atoms with van der Waals surface area (Å²) in [5, 5.41) is 12.9. The van der Waals surface area contributed by atoms with E-state index >= 15 is 0 Å². The van der Waals surface area contributed by atoms with E-state index in [1.54, 1.807) is 18.5 Å². The van der Waals surface area contributed by atoms with Crippen molar-refractivity contribution in [2.24, 2.45) is 5.41 Å². The lowest BCUT2D eigenvalue weighted by molar-refractivity contribution is 0.0703. The van der Waals surface area contributed by atoms with Gasteiger partial charge in [-0.25, -0.2) is 14.8 Å². The van der Waals surface area contributed by atoms with Crippen LogP contribution in [0, 0.1) is 17.3 Å². The van der Waals surface area contributed by atoms with E-state index in [9.17, 15) is 9.90 Å². The second-order valence-corrected chi connectivity index (χ2v) is 8.98. The van der Waals surface area contributed by atoms with Crippen LogP contribution in [-0.2, 0) is 0 Å². The van der Waals surface area contributed by atoms with Crippen molar-refractivity contribution in [3.05, 3.63) is 34.3 Å². The number of hydrogen-bond acceptors (Lipinski definition) is 6. The van der Waals surface area contributed by atoms with E-state index in [0.29, 0.717) is 16.6 Å². The van der Waals surface area contributed by atoms with Crippen LogP contribution < -0.4 is 10.1 Å². The molecule has 1 saturated carbocycles. The molecule has 1 fully saturated rings. The van der Waals surface area contributed by atoms with Gasteiger partial charge in [0.25, 0.3) is 0 Å². The molecule has 0 spiro atoms. The zero-order valence-electron chi connectivity index (χ0n) is 16.4. The van der Waals surface area contributed by atoms with E-state index < -0.39 is 5.97 Å². The number of carbonyl (C=O) groups is 1. The fourth-order valence-corrected chi connectivity index (χ4v) is 3.82. The fraction of sp³-hybridized carbons (Fsp3) is 0.476. The van der Waals surface area contributed by atoms with Gasteiger partial charge in [-0.15, -0.1) is 11.3 Å². The lowest BCUT2D eigenvalue weighted by atomic mass is 9.93. The van der Waals surface area contributed by atoms with Crippen molar-refractivity contribution >= 4 is 23.0 Å². The molecule has 6 nitrogen and oxygen atoms in total. The molecule has 28 heavy (non-hydrogen) atoms. The highest BCUT2D eigenvalue weighted by Crippen LogP contribution is 2.31. The summed E-state index contributed by atoms with van der Waals surface area (Å²) in [6.07, 6.45) is 6.97. The molecule has 7 heteroatoms. The van der Waals surface area contributed by atoms with Crippen LogP contribution in [0.25, 0.3) is 0 Å². The van der Waals surface area contributed by atoms with Crippen molar-refractivity contribution in [1.29, 1.82) is 0 Å². The van der Waals surface area contributed by atoms with Crippen molar-refractivity contribution < 1.29 is 14.6 Å². The summed E-state index contributed by atoms with van der Waals surface area (Å²) in [7, 11) is 0. The Morgan fingerprint density at radius 3 is 2.54 bits per heavy atom. The Morgan fingerprint density at radius 1 is 1.25 bits per heavy atom. The maximum Gasteiger partial charge on any atom is 0.348 e. The maximum absolute atomic E-state index is 11.6. The van der Waals surface area contributed by atoms with Gasteiger partial charge in [-0.1, -0.05) is 11.8 Å². The zero-order valence-corrected chi connectivity index (χ0v) is 17.2. The first-order valence-corrected chi connectivity index (χ1v) is 10.2. The Balaban J connectivity index is 1.61. The van der Waals surface area contributed by atoms with Crippen LogP contribution in [-0.4, -0.2) is 33.2 Å². The topological polar surface area (TPSA) is 84.3 Å². The normalized spacial score (nSPS) is 19.4. The highest BCUT2D eigenvalue weighted by Gasteiger charge is 2.25. The lowest BCUT2D eigenvalue weighted by Gasteiger charge is -2.29. The standard InChI is InChI=1S/C21H25N3O3S/c1-21(2,3)10-9-16-13-17(18(28-16)19(25)26)24-14-5-7-15(8-6-14)27-20-22-11-4-12-23-20/h4,11-15,24H,5-8H2,1-3H3,(H,25,26)/t14-,15-. The van der Waals surface area contributed by atoms with Crippen LogP contribution in [0.3, 0.4) is 0 Å². The number of ether oxygens (including phenoxy) is 1. The van der Waals surface area contributed by atoms with Crippen molar-refractivity contribution in [2.45, 2.75) is 58.6 Å². The minimum absolute atomic E-state index is 0.0927. The summed E-state index contributed by atoms with van der Waals surface area (Å²) < 4.78 is 5.82. The Morgan fingerprint density at radius 2 is 1.93 bits per heavy atom. The molecule has 0 aromatic carbocycles. The molecule has 0 amide bonds. The van der Waals surface area contributed by atoms with Crippen LogP contribution in [0.2, 0.25) is 0 Å². The number of rotatable bonds is 5. The fourth-order valence-electron chi connectivity index (χ4n) is 3.01. The Labute approximate surface area is 169 Å². The first kappa shape index (κ1) is 20.2. The van der Waals surface area contributed by atoms with Crippen LogP contribution in [0.15, 0.2) is 24.5 Å². The number of nitrogens with one attached hydrogen (secondary N) is 1. The Hall–Kier alpha value is -2.59. The first-order chi connectivity index (χ1) is 13.3.